The minimum absolute atomic E-state index is 0.0350. The maximum absolute atomic E-state index is 12.6. The molecule has 29 heavy (non-hydrogen) atoms. The molecule has 0 aromatic heterocycles. The molecule has 1 aliphatic carbocycles. The standard InChI is InChI=1S/C21H35F2N3O3/c1-15(27)26-12-4-2-3-5-19(26)16-10-13-25(14-11-16)21(28)24-17-6-8-18(9-7-17)29-20(22)23/h16-20H,2-14H2,1H3,(H,24,28). The molecule has 6 nitrogen and oxygen atoms in total. The van der Waals surface area contributed by atoms with Crippen LogP contribution in [0, 0.1) is 5.92 Å². The number of urea groups is 1. The van der Waals surface area contributed by atoms with Crippen molar-refractivity contribution in [1.29, 1.82) is 0 Å². The average molecular weight is 416 g/mol. The number of ether oxygens (including phenoxy) is 1. The van der Waals surface area contributed by atoms with Gasteiger partial charge in [-0.1, -0.05) is 12.8 Å². The zero-order chi connectivity index (χ0) is 20.8. The van der Waals surface area contributed by atoms with Gasteiger partial charge >= 0.3 is 12.6 Å². The summed E-state index contributed by atoms with van der Waals surface area (Å²) in [5, 5.41) is 3.07. The summed E-state index contributed by atoms with van der Waals surface area (Å²) in [7, 11) is 0. The molecule has 2 saturated heterocycles. The van der Waals surface area contributed by atoms with Crippen LogP contribution in [0.15, 0.2) is 0 Å². The lowest BCUT2D eigenvalue weighted by Gasteiger charge is -2.41. The van der Waals surface area contributed by atoms with E-state index in [0.29, 0.717) is 50.7 Å². The summed E-state index contributed by atoms with van der Waals surface area (Å²) in [6.45, 7) is 1.23. The van der Waals surface area contributed by atoms with Gasteiger partial charge in [-0.2, -0.15) is 8.78 Å². The highest BCUT2D eigenvalue weighted by Gasteiger charge is 2.34. The lowest BCUT2D eigenvalue weighted by molar-refractivity contribution is -0.170. The third kappa shape index (κ3) is 6.27. The molecule has 166 valence electrons. The maximum Gasteiger partial charge on any atom is 0.345 e. The van der Waals surface area contributed by atoms with E-state index >= 15 is 0 Å². The Labute approximate surface area is 172 Å². The Morgan fingerprint density at radius 3 is 2.24 bits per heavy atom. The first-order chi connectivity index (χ1) is 13.9. The zero-order valence-corrected chi connectivity index (χ0v) is 17.5. The number of nitrogens with one attached hydrogen (secondary N) is 1. The summed E-state index contributed by atoms with van der Waals surface area (Å²) in [5.74, 6) is 0.631. The Bertz CT molecular complexity index is 547. The van der Waals surface area contributed by atoms with Crippen molar-refractivity contribution in [2.75, 3.05) is 19.6 Å². The summed E-state index contributed by atoms with van der Waals surface area (Å²) < 4.78 is 29.2. The molecule has 8 heteroatoms. The molecule has 1 saturated carbocycles. The second kappa shape index (κ2) is 10.5. The van der Waals surface area contributed by atoms with E-state index in [1.165, 1.54) is 12.8 Å². The molecule has 3 aliphatic rings. The monoisotopic (exact) mass is 415 g/mol. The summed E-state index contributed by atoms with van der Waals surface area (Å²) in [6.07, 6.45) is 8.43. The van der Waals surface area contributed by atoms with Gasteiger partial charge < -0.3 is 19.9 Å². The number of amides is 3. The summed E-state index contributed by atoms with van der Waals surface area (Å²) in [5.41, 5.74) is 0. The van der Waals surface area contributed by atoms with Crippen LogP contribution < -0.4 is 5.32 Å². The Balaban J connectivity index is 1.43. The van der Waals surface area contributed by atoms with Crippen LogP contribution in [-0.2, 0) is 9.53 Å². The number of hydrogen-bond acceptors (Lipinski definition) is 3. The summed E-state index contributed by atoms with van der Waals surface area (Å²) in [4.78, 5) is 28.6. The molecule has 1 unspecified atom stereocenters. The minimum atomic E-state index is -2.72. The zero-order valence-electron chi connectivity index (χ0n) is 17.5. The lowest BCUT2D eigenvalue weighted by Crippen LogP contribution is -2.52. The molecule has 3 amide bonds. The third-order valence-corrected chi connectivity index (χ3v) is 6.87. The number of hydrogen-bond donors (Lipinski definition) is 1. The highest BCUT2D eigenvalue weighted by Crippen LogP contribution is 2.30. The molecule has 0 aromatic rings. The maximum atomic E-state index is 12.6. The van der Waals surface area contributed by atoms with Crippen LogP contribution in [-0.4, -0.2) is 66.2 Å². The Kier molecular flexibility index (Phi) is 8.09. The number of piperidine rings is 1. The number of likely N-dealkylation sites (tertiary alicyclic amines) is 2. The van der Waals surface area contributed by atoms with Crippen LogP contribution in [0.4, 0.5) is 13.6 Å². The summed E-state index contributed by atoms with van der Waals surface area (Å²) >= 11 is 0. The van der Waals surface area contributed by atoms with Crippen molar-refractivity contribution in [2.45, 2.75) is 95.9 Å². The largest absolute Gasteiger partial charge is 0.345 e. The number of carbonyl (C=O) groups is 2. The molecule has 1 N–H and O–H groups in total. The van der Waals surface area contributed by atoms with E-state index in [4.69, 9.17) is 0 Å². The van der Waals surface area contributed by atoms with Crippen molar-refractivity contribution in [3.8, 4) is 0 Å². The SMILES string of the molecule is CC(=O)N1CCCCCC1C1CCN(C(=O)NC2CCC(OC(F)F)CC2)CC1. The van der Waals surface area contributed by atoms with Gasteiger partial charge in [0.1, 0.15) is 0 Å². The Morgan fingerprint density at radius 2 is 1.62 bits per heavy atom. The molecule has 3 fully saturated rings. The van der Waals surface area contributed by atoms with Gasteiger partial charge in [-0.15, -0.1) is 0 Å². The van der Waals surface area contributed by atoms with E-state index in [-0.39, 0.29) is 18.0 Å². The number of rotatable bonds is 4. The van der Waals surface area contributed by atoms with Gasteiger partial charge in [0, 0.05) is 38.6 Å². The van der Waals surface area contributed by atoms with Crippen molar-refractivity contribution in [1.82, 2.24) is 15.1 Å². The van der Waals surface area contributed by atoms with Crippen LogP contribution in [0.25, 0.3) is 0 Å². The number of halogens is 2. The molecule has 0 aromatic carbocycles. The van der Waals surface area contributed by atoms with E-state index in [1.807, 2.05) is 4.90 Å². The Hall–Kier alpha value is -1.44. The van der Waals surface area contributed by atoms with Gasteiger partial charge in [-0.05, 0) is 57.3 Å². The van der Waals surface area contributed by atoms with E-state index in [0.717, 1.165) is 32.2 Å². The number of alkyl halides is 2. The van der Waals surface area contributed by atoms with Crippen molar-refractivity contribution < 1.29 is 23.1 Å². The molecule has 0 bridgehead atoms. The molecule has 3 rings (SSSR count). The van der Waals surface area contributed by atoms with Crippen LogP contribution in [0.3, 0.4) is 0 Å². The quantitative estimate of drug-likeness (QED) is 0.761. The van der Waals surface area contributed by atoms with E-state index in [1.54, 1.807) is 6.92 Å². The predicted molar refractivity (Wildman–Crippen MR) is 106 cm³/mol. The van der Waals surface area contributed by atoms with Gasteiger partial charge in [0.25, 0.3) is 0 Å². The van der Waals surface area contributed by atoms with Gasteiger partial charge in [-0.3, -0.25) is 4.79 Å². The molecule has 2 aliphatic heterocycles. The summed E-state index contributed by atoms with van der Waals surface area (Å²) in [6, 6.07) is 0.295. The molecule has 0 radical (unpaired) electrons. The van der Waals surface area contributed by atoms with Crippen molar-refractivity contribution >= 4 is 11.9 Å². The van der Waals surface area contributed by atoms with Gasteiger partial charge in [0.05, 0.1) is 6.10 Å². The average Bonchev–Trinajstić information content (AvgIpc) is 2.95. The predicted octanol–water partition coefficient (Wildman–Crippen LogP) is 3.75. The topological polar surface area (TPSA) is 61.9 Å². The van der Waals surface area contributed by atoms with Gasteiger partial charge in [0.15, 0.2) is 0 Å². The first-order valence-electron chi connectivity index (χ1n) is 11.2. The fourth-order valence-electron chi connectivity index (χ4n) is 5.26. The van der Waals surface area contributed by atoms with Gasteiger partial charge in [0.2, 0.25) is 5.91 Å². The van der Waals surface area contributed by atoms with Crippen LogP contribution in [0.1, 0.15) is 71.1 Å². The second-order valence-corrected chi connectivity index (χ2v) is 8.77. The van der Waals surface area contributed by atoms with E-state index in [2.05, 4.69) is 15.0 Å². The van der Waals surface area contributed by atoms with Crippen molar-refractivity contribution in [2.24, 2.45) is 5.92 Å². The smallest absolute Gasteiger partial charge is 0.340 e. The van der Waals surface area contributed by atoms with Gasteiger partial charge in [-0.25, -0.2) is 4.79 Å². The second-order valence-electron chi connectivity index (χ2n) is 8.77. The van der Waals surface area contributed by atoms with Crippen LogP contribution in [0.2, 0.25) is 0 Å². The molecular weight excluding hydrogens is 380 g/mol. The van der Waals surface area contributed by atoms with E-state index < -0.39 is 12.7 Å². The minimum Gasteiger partial charge on any atom is -0.340 e. The highest BCUT2D eigenvalue weighted by molar-refractivity contribution is 5.75. The fraction of sp³-hybridized carbons (Fsp3) is 0.905. The molecular formula is C21H35F2N3O3. The third-order valence-electron chi connectivity index (χ3n) is 6.87. The van der Waals surface area contributed by atoms with Crippen molar-refractivity contribution in [3.05, 3.63) is 0 Å². The Morgan fingerprint density at radius 1 is 0.931 bits per heavy atom. The molecule has 2 heterocycles. The highest BCUT2D eigenvalue weighted by atomic mass is 19.3. The first-order valence-corrected chi connectivity index (χ1v) is 11.2. The lowest BCUT2D eigenvalue weighted by atomic mass is 9.86. The first kappa shape index (κ1) is 22.2. The molecule has 1 atom stereocenters. The molecule has 0 spiro atoms. The normalized spacial score (nSPS) is 29.6. The van der Waals surface area contributed by atoms with E-state index in [9.17, 15) is 18.4 Å². The van der Waals surface area contributed by atoms with Crippen molar-refractivity contribution in [3.63, 3.8) is 0 Å². The number of nitrogens with zero attached hydrogens (tertiary/aromatic N) is 2. The van der Waals surface area contributed by atoms with Crippen LogP contribution in [0.5, 0.6) is 0 Å². The van der Waals surface area contributed by atoms with Crippen LogP contribution >= 0.6 is 0 Å². The fourth-order valence-corrected chi connectivity index (χ4v) is 5.26. The number of carbonyl (C=O) groups excluding carboxylic acids is 2.